The first-order valence-corrected chi connectivity index (χ1v) is 8.43. The van der Waals surface area contributed by atoms with Crippen LogP contribution < -0.4 is 16.2 Å². The Bertz CT molecular complexity index is 791. The Morgan fingerprint density at radius 2 is 1.60 bits per heavy atom. The molecule has 2 aromatic carbocycles. The van der Waals surface area contributed by atoms with Crippen molar-refractivity contribution in [1.29, 1.82) is 0 Å². The number of benzene rings is 2. The Morgan fingerprint density at radius 3 is 2.20 bits per heavy atom. The van der Waals surface area contributed by atoms with Crippen molar-refractivity contribution >= 4 is 40.7 Å². The first-order valence-electron chi connectivity index (χ1n) is 7.64. The third kappa shape index (κ3) is 5.27. The Labute approximate surface area is 156 Å². The molecule has 0 aliphatic carbocycles. The molecule has 2 amide bonds. The van der Waals surface area contributed by atoms with Crippen molar-refractivity contribution in [3.05, 3.63) is 70.2 Å². The van der Waals surface area contributed by atoms with Crippen LogP contribution in [0.5, 0.6) is 0 Å². The average Bonchev–Trinajstić information content (AvgIpc) is 2.60. The van der Waals surface area contributed by atoms with Gasteiger partial charge in [0, 0.05) is 5.56 Å². The lowest BCUT2D eigenvalue weighted by molar-refractivity contribution is 0.0934. The van der Waals surface area contributed by atoms with Crippen LogP contribution in [0.1, 0.15) is 46.0 Å². The van der Waals surface area contributed by atoms with Crippen LogP contribution in [0.2, 0.25) is 5.02 Å². The van der Waals surface area contributed by atoms with E-state index in [0.29, 0.717) is 22.1 Å². The first-order chi connectivity index (χ1) is 11.9. The second-order valence-electron chi connectivity index (χ2n) is 5.62. The molecular formula is C18H18ClN3O2S. The van der Waals surface area contributed by atoms with Gasteiger partial charge in [-0.15, -0.1) is 0 Å². The number of carbonyl (C=O) groups excluding carboxylic acids is 2. The molecule has 0 saturated heterocycles. The summed E-state index contributed by atoms with van der Waals surface area (Å²) in [6.07, 6.45) is 0. The van der Waals surface area contributed by atoms with Crippen molar-refractivity contribution in [3.8, 4) is 0 Å². The smallest absolute Gasteiger partial charge is 0.271 e. The van der Waals surface area contributed by atoms with Crippen LogP contribution >= 0.6 is 23.8 Å². The number of thiocarbonyl (C=S) groups is 1. The van der Waals surface area contributed by atoms with Crippen molar-refractivity contribution in [2.24, 2.45) is 0 Å². The summed E-state index contributed by atoms with van der Waals surface area (Å²) in [4.78, 5) is 24.1. The van der Waals surface area contributed by atoms with Crippen molar-refractivity contribution in [3.63, 3.8) is 0 Å². The van der Waals surface area contributed by atoms with E-state index < -0.39 is 5.91 Å². The quantitative estimate of drug-likeness (QED) is 0.568. The highest BCUT2D eigenvalue weighted by Crippen LogP contribution is 2.15. The van der Waals surface area contributed by atoms with Gasteiger partial charge in [0.25, 0.3) is 11.8 Å². The fourth-order valence-electron chi connectivity index (χ4n) is 2.05. The normalized spacial score (nSPS) is 10.2. The molecule has 3 N–H and O–H groups in total. The van der Waals surface area contributed by atoms with Crippen LogP contribution in [0.15, 0.2) is 48.5 Å². The second kappa shape index (κ2) is 8.60. The number of hydrazine groups is 1. The fraction of sp³-hybridized carbons (Fsp3) is 0.167. The molecule has 0 spiro atoms. The minimum atomic E-state index is -0.455. The van der Waals surface area contributed by atoms with Gasteiger partial charge in [-0.2, -0.15) is 0 Å². The largest absolute Gasteiger partial charge is 0.298 e. The molecule has 0 radical (unpaired) electrons. The number of rotatable bonds is 3. The lowest BCUT2D eigenvalue weighted by atomic mass is 10.0. The van der Waals surface area contributed by atoms with Gasteiger partial charge in [0.05, 0.1) is 10.6 Å². The monoisotopic (exact) mass is 375 g/mol. The first kappa shape index (κ1) is 18.9. The predicted octanol–water partition coefficient (Wildman–Crippen LogP) is 3.41. The standard InChI is InChI=1S/C18H18ClN3O2S/c1-11(2)12-7-9-13(10-8-12)16(23)20-18(25)22-21-17(24)14-5-3-4-6-15(14)19/h3-11H,1-2H3,(H,21,24)(H2,20,22,23,25). The van der Waals surface area contributed by atoms with E-state index in [1.54, 1.807) is 36.4 Å². The van der Waals surface area contributed by atoms with Gasteiger partial charge in [0.15, 0.2) is 5.11 Å². The van der Waals surface area contributed by atoms with Gasteiger partial charge in [-0.1, -0.05) is 49.7 Å². The molecule has 0 bridgehead atoms. The Hall–Kier alpha value is -2.44. The summed E-state index contributed by atoms with van der Waals surface area (Å²) < 4.78 is 0. The van der Waals surface area contributed by atoms with E-state index in [4.69, 9.17) is 23.8 Å². The second-order valence-corrected chi connectivity index (χ2v) is 6.43. The number of amides is 2. The molecule has 0 aromatic heterocycles. The number of hydrogen-bond donors (Lipinski definition) is 3. The number of hydrogen-bond acceptors (Lipinski definition) is 3. The van der Waals surface area contributed by atoms with Crippen LogP contribution in [0, 0.1) is 0 Å². The molecule has 0 fully saturated rings. The van der Waals surface area contributed by atoms with Gasteiger partial charge in [0.1, 0.15) is 0 Å². The zero-order chi connectivity index (χ0) is 18.4. The third-order valence-electron chi connectivity index (χ3n) is 3.47. The van der Waals surface area contributed by atoms with Crippen molar-refractivity contribution in [2.45, 2.75) is 19.8 Å². The fourth-order valence-corrected chi connectivity index (χ4v) is 2.42. The van der Waals surface area contributed by atoms with Crippen LogP contribution in [0.25, 0.3) is 0 Å². The highest BCUT2D eigenvalue weighted by Gasteiger charge is 2.11. The Kier molecular flexibility index (Phi) is 6.50. The average molecular weight is 376 g/mol. The summed E-state index contributed by atoms with van der Waals surface area (Å²) in [5.41, 5.74) is 6.79. The number of carbonyl (C=O) groups is 2. The third-order valence-corrected chi connectivity index (χ3v) is 4.01. The lowest BCUT2D eigenvalue weighted by Crippen LogP contribution is -2.48. The minimum absolute atomic E-state index is 0.0154. The van der Waals surface area contributed by atoms with E-state index in [9.17, 15) is 9.59 Å². The van der Waals surface area contributed by atoms with Crippen LogP contribution in [-0.4, -0.2) is 16.9 Å². The van der Waals surface area contributed by atoms with Gasteiger partial charge >= 0.3 is 0 Å². The molecule has 2 aromatic rings. The van der Waals surface area contributed by atoms with Gasteiger partial charge < -0.3 is 0 Å². The van der Waals surface area contributed by atoms with Crippen molar-refractivity contribution in [1.82, 2.24) is 16.2 Å². The molecule has 0 aliphatic rings. The summed E-state index contributed by atoms with van der Waals surface area (Å²) in [6, 6.07) is 13.9. The molecule has 0 aliphatic heterocycles. The van der Waals surface area contributed by atoms with Gasteiger partial charge in [-0.05, 0) is 48.0 Å². The minimum Gasteiger partial charge on any atom is -0.298 e. The maximum atomic E-state index is 12.1. The van der Waals surface area contributed by atoms with Gasteiger partial charge in [0.2, 0.25) is 0 Å². The highest BCUT2D eigenvalue weighted by molar-refractivity contribution is 7.80. The Morgan fingerprint density at radius 1 is 0.960 bits per heavy atom. The van der Waals surface area contributed by atoms with Gasteiger partial charge in [-0.25, -0.2) is 0 Å². The molecule has 0 unspecified atom stereocenters. The van der Waals surface area contributed by atoms with E-state index >= 15 is 0 Å². The molecule has 5 nitrogen and oxygen atoms in total. The van der Waals surface area contributed by atoms with E-state index in [1.165, 1.54) is 0 Å². The summed E-state index contributed by atoms with van der Waals surface area (Å²) in [7, 11) is 0. The highest BCUT2D eigenvalue weighted by atomic mass is 35.5. The van der Waals surface area contributed by atoms with Crippen LogP contribution in [0.4, 0.5) is 0 Å². The van der Waals surface area contributed by atoms with Crippen LogP contribution in [-0.2, 0) is 0 Å². The zero-order valence-corrected chi connectivity index (χ0v) is 15.4. The summed E-state index contributed by atoms with van der Waals surface area (Å²) in [6.45, 7) is 4.16. The maximum Gasteiger partial charge on any atom is 0.271 e. The van der Waals surface area contributed by atoms with E-state index in [1.807, 2.05) is 12.1 Å². The topological polar surface area (TPSA) is 70.2 Å². The van der Waals surface area contributed by atoms with Crippen molar-refractivity contribution in [2.75, 3.05) is 0 Å². The van der Waals surface area contributed by atoms with Crippen LogP contribution in [0.3, 0.4) is 0 Å². The molecule has 2 rings (SSSR count). The molecule has 0 saturated carbocycles. The molecular weight excluding hydrogens is 358 g/mol. The van der Waals surface area contributed by atoms with E-state index in [-0.39, 0.29) is 11.0 Å². The number of nitrogens with one attached hydrogen (secondary N) is 3. The molecule has 25 heavy (non-hydrogen) atoms. The van der Waals surface area contributed by atoms with Gasteiger partial charge in [-0.3, -0.25) is 25.8 Å². The van der Waals surface area contributed by atoms with E-state index in [2.05, 4.69) is 30.0 Å². The maximum absolute atomic E-state index is 12.1. The molecule has 130 valence electrons. The molecule has 0 heterocycles. The van der Waals surface area contributed by atoms with Crippen molar-refractivity contribution < 1.29 is 9.59 Å². The predicted molar refractivity (Wildman–Crippen MR) is 103 cm³/mol. The van der Waals surface area contributed by atoms with E-state index in [0.717, 1.165) is 5.56 Å². The zero-order valence-electron chi connectivity index (χ0n) is 13.8. The number of halogens is 1. The summed E-state index contributed by atoms with van der Waals surface area (Å²) in [5, 5.41) is 2.81. The molecule has 0 atom stereocenters. The lowest BCUT2D eigenvalue weighted by Gasteiger charge is -2.12. The summed E-state index contributed by atoms with van der Waals surface area (Å²) in [5.74, 6) is -0.428. The SMILES string of the molecule is CC(C)c1ccc(C(=O)NC(=S)NNC(=O)c2ccccc2Cl)cc1. The Balaban J connectivity index is 1.88. The molecule has 7 heteroatoms. The summed E-state index contributed by atoms with van der Waals surface area (Å²) >= 11 is 11.0.